The summed E-state index contributed by atoms with van der Waals surface area (Å²) in [5.41, 5.74) is 27.4. The Labute approximate surface area is 651 Å². The smallest absolute Gasteiger partial charge is 0.235 e. The van der Waals surface area contributed by atoms with Crippen molar-refractivity contribution in [3.05, 3.63) is 376 Å². The third-order valence-electron chi connectivity index (χ3n) is 23.2. The minimum atomic E-state index is 0.580. The lowest BCUT2D eigenvalue weighted by molar-refractivity contribution is 0.667. The molecule has 0 aliphatic heterocycles. The summed E-state index contributed by atoms with van der Waals surface area (Å²) in [6.07, 6.45) is 0. The summed E-state index contributed by atoms with van der Waals surface area (Å²) in [6.45, 7) is 0. The Morgan fingerprint density at radius 3 is 1.10 bits per heavy atom. The summed E-state index contributed by atoms with van der Waals surface area (Å²) < 4.78 is 23.4. The van der Waals surface area contributed by atoms with Crippen molar-refractivity contribution in [2.24, 2.45) is 0 Å². The highest BCUT2D eigenvalue weighted by atomic mass is 16.3. The second-order valence-corrected chi connectivity index (χ2v) is 29.5. The normalized spacial score (nSPS) is 12.0. The molecule has 24 rings (SSSR count). The van der Waals surface area contributed by atoms with E-state index in [-0.39, 0.29) is 0 Å². The average molecular weight is 1460 g/mol. The molecule has 0 spiro atoms. The van der Waals surface area contributed by atoms with Gasteiger partial charge in [0.1, 0.15) is 16.7 Å². The largest absolute Gasteiger partial charge is 0.455 e. The van der Waals surface area contributed by atoms with Crippen LogP contribution in [0.5, 0.6) is 0 Å². The van der Waals surface area contributed by atoms with Gasteiger partial charge in [0.2, 0.25) is 11.9 Å². The first-order valence-corrected chi connectivity index (χ1v) is 38.6. The molecule has 8 aromatic heterocycles. The van der Waals surface area contributed by atoms with E-state index in [9.17, 15) is 0 Å². The second kappa shape index (κ2) is 25.0. The zero-order valence-corrected chi connectivity index (χ0v) is 61.2. The highest BCUT2D eigenvalue weighted by Gasteiger charge is 2.28. The van der Waals surface area contributed by atoms with Gasteiger partial charge in [-0.15, -0.1) is 0 Å². The van der Waals surface area contributed by atoms with Crippen LogP contribution in [0.1, 0.15) is 0 Å². The fraction of sp³-hybridized carbons (Fsp3) is 0. The molecular weight excluding hydrogens is 1390 g/mol. The van der Waals surface area contributed by atoms with E-state index >= 15 is 0 Å². The van der Waals surface area contributed by atoms with Crippen molar-refractivity contribution in [2.75, 3.05) is 0 Å². The molecule has 0 N–H and O–H groups in total. The highest BCUT2D eigenvalue weighted by molar-refractivity contribution is 6.31. The van der Waals surface area contributed by atoms with Crippen LogP contribution in [-0.2, 0) is 0 Å². The molecule has 16 aromatic carbocycles. The van der Waals surface area contributed by atoms with E-state index in [1.807, 2.05) is 24.3 Å². The van der Waals surface area contributed by atoms with Crippen molar-refractivity contribution in [3.63, 3.8) is 0 Å². The molecule has 24 aromatic rings. The molecule has 0 amide bonds. The lowest BCUT2D eigenvalue weighted by Crippen LogP contribution is -2.04. The third kappa shape index (κ3) is 9.68. The van der Waals surface area contributed by atoms with Gasteiger partial charge in [-0.05, 0) is 119 Å². The summed E-state index contributed by atoms with van der Waals surface area (Å²) >= 11 is 0. The van der Waals surface area contributed by atoms with Crippen LogP contribution in [0.4, 0.5) is 0 Å². The Morgan fingerprint density at radius 1 is 0.193 bits per heavy atom. The van der Waals surface area contributed by atoms with Gasteiger partial charge in [-0.25, -0.2) is 19.9 Å². The average Bonchev–Trinajstić information content (AvgIpc) is 1.55. The number of benzene rings is 16. The van der Waals surface area contributed by atoms with Gasteiger partial charge in [0.15, 0.2) is 5.58 Å². The number of para-hydroxylation sites is 7. The number of aromatic nitrogens is 8. The fourth-order valence-corrected chi connectivity index (χ4v) is 18.2. The van der Waals surface area contributed by atoms with Crippen LogP contribution < -0.4 is 0 Å². The van der Waals surface area contributed by atoms with E-state index in [0.29, 0.717) is 11.9 Å². The molecule has 0 aliphatic rings. The summed E-state index contributed by atoms with van der Waals surface area (Å²) in [6, 6.07) is 134. The van der Waals surface area contributed by atoms with E-state index in [0.717, 1.165) is 221 Å². The van der Waals surface area contributed by atoms with E-state index in [2.05, 4.69) is 370 Å². The monoisotopic (exact) mass is 1450 g/mol. The molecule has 0 saturated carbocycles. The van der Waals surface area contributed by atoms with E-state index < -0.39 is 0 Å². The predicted octanol–water partition coefficient (Wildman–Crippen LogP) is 27.1. The van der Waals surface area contributed by atoms with Crippen molar-refractivity contribution in [1.82, 2.24) is 38.2 Å². The van der Waals surface area contributed by atoms with Gasteiger partial charge in [-0.2, -0.15) is 0 Å². The van der Waals surface area contributed by atoms with Crippen molar-refractivity contribution in [1.29, 1.82) is 0 Å². The van der Waals surface area contributed by atoms with E-state index in [1.54, 1.807) is 0 Å². The minimum absolute atomic E-state index is 0.580. The topological polar surface area (TPSA) is 97.6 Å². The van der Waals surface area contributed by atoms with Crippen LogP contribution in [-0.4, -0.2) is 38.2 Å². The number of hydrogen-bond acceptors (Lipinski definition) is 6. The molecule has 0 radical (unpaired) electrons. The van der Waals surface area contributed by atoms with Gasteiger partial charge in [-0.3, -0.25) is 9.13 Å². The van der Waals surface area contributed by atoms with Crippen LogP contribution in [0.15, 0.2) is 385 Å². The van der Waals surface area contributed by atoms with Crippen LogP contribution in [0.25, 0.3) is 233 Å². The predicted molar refractivity (Wildman–Crippen MR) is 468 cm³/mol. The first-order valence-electron chi connectivity index (χ1n) is 38.6. The van der Waals surface area contributed by atoms with Gasteiger partial charge in [0.25, 0.3) is 0 Å². The van der Waals surface area contributed by atoms with Crippen molar-refractivity contribution < 1.29 is 8.83 Å². The maximum Gasteiger partial charge on any atom is 0.235 e. The maximum atomic E-state index is 7.45. The maximum absolute atomic E-state index is 7.45. The molecule has 114 heavy (non-hydrogen) atoms. The Kier molecular flexibility index (Phi) is 13.9. The first-order chi connectivity index (χ1) is 56.5. The summed E-state index contributed by atoms with van der Waals surface area (Å²) in [4.78, 5) is 21.9. The standard InChI is InChI=1S/C104H62N8O2/c1-5-26-64(27-6-1)80-59-70(60-81-75-43-25-48-94(102(75)114-101(80)81)110-87-45-19-14-38-77(87)97-91(110)55-57-93-99(97)79-40-16-21-47-89(79)112(93)103-105-82(65-28-7-2-8-29-65)61-83(106-103)66-30-9-3-10-31-66)63-50-52-68(53-51-63)85-62-84(67-32-11-4-12-33-67)107-104(108-85)111-88-46-20-15-39-78(88)98-92(111)56-54-90-96(98)76-37-13-18-44-86(76)109(90)71-35-23-34-69(58-71)72-41-24-42-74-73-36-17-22-49-95(73)113-100(72)74/h1-62H. The lowest BCUT2D eigenvalue weighted by atomic mass is 9.95. The van der Waals surface area contributed by atoms with Gasteiger partial charge in [0.05, 0.1) is 72.6 Å². The molecule has 0 fully saturated rings. The molecule has 0 atom stereocenters. The van der Waals surface area contributed by atoms with E-state index in [1.165, 1.54) is 0 Å². The fourth-order valence-electron chi connectivity index (χ4n) is 18.2. The molecule has 10 nitrogen and oxygen atoms in total. The summed E-state index contributed by atoms with van der Waals surface area (Å²) in [7, 11) is 0. The third-order valence-corrected chi connectivity index (χ3v) is 23.2. The van der Waals surface area contributed by atoms with Gasteiger partial charge >= 0.3 is 0 Å². The quantitative estimate of drug-likeness (QED) is 0.128. The summed E-state index contributed by atoms with van der Waals surface area (Å²) in [5, 5.41) is 13.3. The van der Waals surface area contributed by atoms with E-state index in [4.69, 9.17) is 28.8 Å². The zero-order valence-electron chi connectivity index (χ0n) is 61.2. The van der Waals surface area contributed by atoms with Gasteiger partial charge in [-0.1, -0.05) is 279 Å². The van der Waals surface area contributed by atoms with Crippen molar-refractivity contribution in [3.8, 4) is 102 Å². The Bertz CT molecular complexity index is 8030. The number of hydrogen-bond donors (Lipinski definition) is 0. The van der Waals surface area contributed by atoms with Crippen molar-refractivity contribution >= 4 is 131 Å². The van der Waals surface area contributed by atoms with Gasteiger partial charge < -0.3 is 18.0 Å². The molecule has 0 bridgehead atoms. The summed E-state index contributed by atoms with van der Waals surface area (Å²) in [5.74, 6) is 1.18. The molecule has 10 heteroatoms. The first kappa shape index (κ1) is 63.4. The molecule has 0 unspecified atom stereocenters. The Morgan fingerprint density at radius 2 is 0.570 bits per heavy atom. The molecule has 8 heterocycles. The Balaban J connectivity index is 0.638. The van der Waals surface area contributed by atoms with Crippen LogP contribution in [0, 0.1) is 0 Å². The van der Waals surface area contributed by atoms with Crippen molar-refractivity contribution in [2.45, 2.75) is 0 Å². The van der Waals surface area contributed by atoms with Crippen LogP contribution in [0.3, 0.4) is 0 Å². The second-order valence-electron chi connectivity index (χ2n) is 29.5. The molecular formula is C104H62N8O2. The van der Waals surface area contributed by atoms with Crippen LogP contribution >= 0.6 is 0 Å². The lowest BCUT2D eigenvalue weighted by Gasteiger charge is -2.13. The highest BCUT2D eigenvalue weighted by Crippen LogP contribution is 2.49. The number of nitrogens with zero attached hydrogens (tertiary/aromatic N) is 8. The Hall–Kier alpha value is -15.5. The molecule has 0 aliphatic carbocycles. The molecule has 530 valence electrons. The minimum Gasteiger partial charge on any atom is -0.455 e. The molecule has 0 saturated heterocycles. The number of furan rings is 2. The SMILES string of the molecule is c1ccc(-c2cc(-c3ccc(-c4cc(-c5ccccc5)c5oc6c(-n7c8ccccc8c8c9c%10ccccc%10n(-c%10nc(-c%11ccccc%11)cc(-c%11ccccc%11)n%10)c9ccc87)cccc6c5c4)cc3)nc(-n3c4ccccc4c4c5c6ccccc6n(-c6cccc(-c7cccc8c7oc7ccccc78)c6)c5ccc43)n2)cc1. The zero-order chi connectivity index (χ0) is 74.6. The number of rotatable bonds is 11. The van der Waals surface area contributed by atoms with Crippen LogP contribution in [0.2, 0.25) is 0 Å². The number of fused-ring (bicyclic) bond motifs is 20. The van der Waals surface area contributed by atoms with Gasteiger partial charge in [0, 0.05) is 104 Å².